The molecule has 2 atom stereocenters. The summed E-state index contributed by atoms with van der Waals surface area (Å²) in [6, 6.07) is 0.928. The predicted molar refractivity (Wildman–Crippen MR) is 86.3 cm³/mol. The minimum atomic E-state index is -1.66. The number of nitrogens with one attached hydrogen (secondary N) is 1. The molecule has 1 aromatic rings. The van der Waals surface area contributed by atoms with Crippen LogP contribution in [0.25, 0.3) is 0 Å². The Morgan fingerprint density at radius 2 is 1.67 bits per heavy atom. The molecule has 0 spiro atoms. The monoisotopic (exact) mass is 387 g/mol. The molecule has 0 aliphatic rings. The van der Waals surface area contributed by atoms with Crippen LogP contribution >= 0.6 is 0 Å². The van der Waals surface area contributed by atoms with Crippen LogP contribution in [0.2, 0.25) is 0 Å². The number of carbonyl (C=O) groups excluding carboxylic acids is 3. The van der Waals surface area contributed by atoms with Crippen LogP contribution in [-0.4, -0.2) is 49.2 Å². The minimum absolute atomic E-state index is 0.150. The van der Waals surface area contributed by atoms with E-state index in [-0.39, 0.29) is 5.56 Å². The van der Waals surface area contributed by atoms with Gasteiger partial charge in [-0.05, 0) is 11.6 Å². The van der Waals surface area contributed by atoms with Gasteiger partial charge in [-0.15, -0.1) is 0 Å². The topological polar surface area (TPSA) is 119 Å². The Bertz CT molecular complexity index is 722. The Morgan fingerprint density at radius 3 is 2.11 bits per heavy atom. The summed E-state index contributed by atoms with van der Waals surface area (Å²) in [5, 5.41) is 11.5. The molecule has 148 valence electrons. The van der Waals surface area contributed by atoms with Crippen molar-refractivity contribution in [3.05, 3.63) is 35.4 Å². The van der Waals surface area contributed by atoms with Crippen LogP contribution in [-0.2, 0) is 35.1 Å². The number of carboxylic acids is 1. The van der Waals surface area contributed by atoms with E-state index in [9.17, 15) is 33.1 Å². The molecule has 0 fully saturated rings. The standard InChI is InChI=1S/C17H19F2NO7/c1-8(13(16(24)26-2)17(25)27-3)14(15(22)23)20-12(21)6-9-4-5-10(18)7-11(9)19/h4-5,7-8,13-14H,6H2,1-3H3,(H,20,21)(H,22,23)/t8-,14-/m0/s1. The SMILES string of the molecule is COC(=O)C(C(=O)OC)[C@H](C)[C@H](NC(=O)Cc1ccc(F)cc1F)C(=O)O. The summed E-state index contributed by atoms with van der Waals surface area (Å²) in [7, 11) is 2.02. The maximum atomic E-state index is 13.6. The Hall–Kier alpha value is -3.04. The molecule has 0 unspecified atom stereocenters. The number of halogens is 2. The molecule has 1 aromatic carbocycles. The summed E-state index contributed by atoms with van der Waals surface area (Å²) in [6.45, 7) is 1.25. The van der Waals surface area contributed by atoms with Gasteiger partial charge in [0.1, 0.15) is 17.7 Å². The minimum Gasteiger partial charge on any atom is -0.480 e. The van der Waals surface area contributed by atoms with Crippen molar-refractivity contribution < 1.29 is 42.5 Å². The average molecular weight is 387 g/mol. The van der Waals surface area contributed by atoms with Crippen molar-refractivity contribution in [3.63, 3.8) is 0 Å². The van der Waals surface area contributed by atoms with E-state index in [2.05, 4.69) is 14.8 Å². The van der Waals surface area contributed by atoms with Gasteiger partial charge in [-0.2, -0.15) is 0 Å². The van der Waals surface area contributed by atoms with E-state index >= 15 is 0 Å². The molecule has 1 amide bonds. The molecule has 0 bridgehead atoms. The van der Waals surface area contributed by atoms with Crippen molar-refractivity contribution in [3.8, 4) is 0 Å². The molecule has 0 saturated heterocycles. The van der Waals surface area contributed by atoms with E-state index < -0.39 is 59.7 Å². The number of benzene rings is 1. The largest absolute Gasteiger partial charge is 0.480 e. The summed E-state index contributed by atoms with van der Waals surface area (Å²) in [5.74, 6) is -9.09. The number of esters is 2. The van der Waals surface area contributed by atoms with Crippen LogP contribution < -0.4 is 5.32 Å². The van der Waals surface area contributed by atoms with Gasteiger partial charge >= 0.3 is 17.9 Å². The van der Waals surface area contributed by atoms with Crippen molar-refractivity contribution in [2.75, 3.05) is 14.2 Å². The number of ether oxygens (including phenoxy) is 2. The van der Waals surface area contributed by atoms with Crippen molar-refractivity contribution in [1.82, 2.24) is 5.32 Å². The maximum Gasteiger partial charge on any atom is 0.326 e. The second-order valence-corrected chi connectivity index (χ2v) is 5.68. The van der Waals surface area contributed by atoms with E-state index in [1.165, 1.54) is 6.92 Å². The van der Waals surface area contributed by atoms with Gasteiger partial charge in [-0.3, -0.25) is 14.4 Å². The van der Waals surface area contributed by atoms with Crippen LogP contribution in [0.15, 0.2) is 18.2 Å². The van der Waals surface area contributed by atoms with Gasteiger partial charge < -0.3 is 19.9 Å². The van der Waals surface area contributed by atoms with E-state index in [1.54, 1.807) is 0 Å². The van der Waals surface area contributed by atoms with Gasteiger partial charge in [0.05, 0.1) is 20.6 Å². The second-order valence-electron chi connectivity index (χ2n) is 5.68. The van der Waals surface area contributed by atoms with Gasteiger partial charge in [0.2, 0.25) is 5.91 Å². The van der Waals surface area contributed by atoms with Crippen LogP contribution in [0.3, 0.4) is 0 Å². The molecule has 0 heterocycles. The third kappa shape index (κ3) is 5.73. The second kappa shape index (κ2) is 9.60. The van der Waals surface area contributed by atoms with E-state index in [4.69, 9.17) is 0 Å². The fraction of sp³-hybridized carbons (Fsp3) is 0.412. The summed E-state index contributed by atoms with van der Waals surface area (Å²) in [5.41, 5.74) is -0.150. The van der Waals surface area contributed by atoms with Gasteiger partial charge in [-0.1, -0.05) is 13.0 Å². The van der Waals surface area contributed by atoms with Crippen LogP contribution in [0.4, 0.5) is 8.78 Å². The van der Waals surface area contributed by atoms with Crippen molar-refractivity contribution >= 4 is 23.8 Å². The van der Waals surface area contributed by atoms with Gasteiger partial charge in [0.25, 0.3) is 0 Å². The first kappa shape index (κ1) is 22.0. The lowest BCUT2D eigenvalue weighted by Gasteiger charge is -2.26. The highest BCUT2D eigenvalue weighted by molar-refractivity contribution is 5.96. The summed E-state index contributed by atoms with van der Waals surface area (Å²) >= 11 is 0. The third-order valence-electron chi connectivity index (χ3n) is 3.91. The Labute approximate surface area is 153 Å². The first-order valence-electron chi connectivity index (χ1n) is 7.74. The first-order valence-corrected chi connectivity index (χ1v) is 7.74. The zero-order valence-corrected chi connectivity index (χ0v) is 14.8. The highest BCUT2D eigenvalue weighted by Crippen LogP contribution is 2.20. The number of methoxy groups -OCH3 is 2. The Kier molecular flexibility index (Phi) is 7.82. The fourth-order valence-corrected chi connectivity index (χ4v) is 2.45. The number of rotatable bonds is 8. The number of aliphatic carboxylic acids is 1. The molecule has 0 aromatic heterocycles. The lowest BCUT2D eigenvalue weighted by Crippen LogP contribution is -2.50. The third-order valence-corrected chi connectivity index (χ3v) is 3.91. The van der Waals surface area contributed by atoms with Crippen molar-refractivity contribution in [1.29, 1.82) is 0 Å². The molecule has 27 heavy (non-hydrogen) atoms. The summed E-state index contributed by atoms with van der Waals surface area (Å²) in [4.78, 5) is 47.3. The van der Waals surface area contributed by atoms with Gasteiger partial charge in [-0.25, -0.2) is 13.6 Å². The lowest BCUT2D eigenvalue weighted by atomic mass is 9.87. The van der Waals surface area contributed by atoms with Crippen molar-refractivity contribution in [2.24, 2.45) is 11.8 Å². The number of carboxylic acid groups (broad SMARTS) is 1. The molecule has 0 radical (unpaired) electrons. The molecule has 10 heteroatoms. The highest BCUT2D eigenvalue weighted by Gasteiger charge is 2.42. The van der Waals surface area contributed by atoms with Crippen LogP contribution in [0.5, 0.6) is 0 Å². The normalized spacial score (nSPS) is 12.8. The number of carbonyl (C=O) groups is 4. The van der Waals surface area contributed by atoms with E-state index in [1.807, 2.05) is 0 Å². The molecular formula is C17H19F2NO7. The first-order chi connectivity index (χ1) is 12.6. The number of hydrogen-bond acceptors (Lipinski definition) is 6. The number of amides is 1. The summed E-state index contributed by atoms with van der Waals surface area (Å²) < 4.78 is 35.5. The lowest BCUT2D eigenvalue weighted by molar-refractivity contribution is -0.163. The maximum absolute atomic E-state index is 13.6. The molecule has 0 aliphatic heterocycles. The van der Waals surface area contributed by atoms with E-state index in [0.717, 1.165) is 26.4 Å². The zero-order valence-electron chi connectivity index (χ0n) is 14.8. The highest BCUT2D eigenvalue weighted by atomic mass is 19.1. The Balaban J connectivity index is 2.99. The molecule has 8 nitrogen and oxygen atoms in total. The van der Waals surface area contributed by atoms with Crippen molar-refractivity contribution in [2.45, 2.75) is 19.4 Å². The van der Waals surface area contributed by atoms with E-state index in [0.29, 0.717) is 6.07 Å². The smallest absolute Gasteiger partial charge is 0.326 e. The van der Waals surface area contributed by atoms with Crippen LogP contribution in [0, 0.1) is 23.5 Å². The zero-order chi connectivity index (χ0) is 20.7. The molecule has 0 aliphatic carbocycles. The quantitative estimate of drug-likeness (QED) is 0.497. The molecule has 2 N–H and O–H groups in total. The molecule has 0 saturated carbocycles. The van der Waals surface area contributed by atoms with Gasteiger partial charge in [0.15, 0.2) is 5.92 Å². The average Bonchev–Trinajstić information content (AvgIpc) is 2.61. The predicted octanol–water partition coefficient (Wildman–Crippen LogP) is 0.675. The number of hydrogen-bond donors (Lipinski definition) is 2. The fourth-order valence-electron chi connectivity index (χ4n) is 2.45. The Morgan fingerprint density at radius 1 is 1.11 bits per heavy atom. The molecule has 1 rings (SSSR count). The van der Waals surface area contributed by atoms with Gasteiger partial charge in [0, 0.05) is 12.0 Å². The molecular weight excluding hydrogens is 368 g/mol. The van der Waals surface area contributed by atoms with Crippen LogP contribution in [0.1, 0.15) is 12.5 Å². The summed E-state index contributed by atoms with van der Waals surface area (Å²) in [6.07, 6.45) is -0.566.